The number of phenols is 1. The van der Waals surface area contributed by atoms with Crippen LogP contribution in [-0.2, 0) is 24.2 Å². The van der Waals surface area contributed by atoms with Gasteiger partial charge in [-0.25, -0.2) is 4.99 Å². The van der Waals surface area contributed by atoms with Gasteiger partial charge in [0.15, 0.2) is 5.96 Å². The van der Waals surface area contributed by atoms with Crippen LogP contribution in [0.3, 0.4) is 0 Å². The van der Waals surface area contributed by atoms with Crippen molar-refractivity contribution in [2.45, 2.75) is 58.4 Å². The SMILES string of the molecule is CCNC(=NCc1c(O)ccc2c1CCCC2)N1CCC(CC(=O)NC)CC1. The number of fused-ring (bicyclic) bond motifs is 1. The maximum atomic E-state index is 11.6. The van der Waals surface area contributed by atoms with Crippen molar-refractivity contribution in [3.05, 3.63) is 28.8 Å². The van der Waals surface area contributed by atoms with Crippen LogP contribution in [-0.4, -0.2) is 48.6 Å². The van der Waals surface area contributed by atoms with Gasteiger partial charge in [0.1, 0.15) is 5.75 Å². The van der Waals surface area contributed by atoms with E-state index < -0.39 is 0 Å². The van der Waals surface area contributed by atoms with E-state index in [1.807, 2.05) is 6.07 Å². The average Bonchev–Trinajstić information content (AvgIpc) is 2.72. The molecule has 3 N–H and O–H groups in total. The summed E-state index contributed by atoms with van der Waals surface area (Å²) in [5.74, 6) is 1.85. The Labute approximate surface area is 168 Å². The number of piperidine rings is 1. The first kappa shape index (κ1) is 20.5. The summed E-state index contributed by atoms with van der Waals surface area (Å²) in [6.45, 7) is 5.22. The first-order valence-corrected chi connectivity index (χ1v) is 10.7. The quantitative estimate of drug-likeness (QED) is 0.537. The van der Waals surface area contributed by atoms with Crippen molar-refractivity contribution in [1.29, 1.82) is 0 Å². The lowest BCUT2D eigenvalue weighted by atomic mass is 9.88. The average molecular weight is 387 g/mol. The zero-order chi connectivity index (χ0) is 19.9. The molecule has 0 radical (unpaired) electrons. The molecule has 1 aromatic carbocycles. The number of benzene rings is 1. The lowest BCUT2D eigenvalue weighted by Crippen LogP contribution is -2.46. The number of aryl methyl sites for hydroxylation is 1. The molecule has 1 amide bonds. The van der Waals surface area contributed by atoms with Crippen LogP contribution in [0.1, 0.15) is 55.7 Å². The molecule has 2 aliphatic rings. The molecule has 3 rings (SSSR count). The summed E-state index contributed by atoms with van der Waals surface area (Å²) in [5, 5.41) is 16.5. The Kier molecular flexibility index (Phi) is 7.18. The van der Waals surface area contributed by atoms with Crippen LogP contribution >= 0.6 is 0 Å². The Hall–Kier alpha value is -2.24. The summed E-state index contributed by atoms with van der Waals surface area (Å²) in [6.07, 6.45) is 7.18. The van der Waals surface area contributed by atoms with Crippen LogP contribution in [0.4, 0.5) is 0 Å². The van der Waals surface area contributed by atoms with Gasteiger partial charge in [0.25, 0.3) is 0 Å². The lowest BCUT2D eigenvalue weighted by Gasteiger charge is -2.34. The Morgan fingerprint density at radius 2 is 2.00 bits per heavy atom. The molecule has 0 atom stereocenters. The van der Waals surface area contributed by atoms with Gasteiger partial charge in [-0.05, 0) is 68.6 Å². The molecule has 0 aromatic heterocycles. The summed E-state index contributed by atoms with van der Waals surface area (Å²) in [5.41, 5.74) is 3.66. The fourth-order valence-electron chi connectivity index (χ4n) is 4.36. The molecule has 1 fully saturated rings. The number of likely N-dealkylation sites (tertiary alicyclic amines) is 1. The minimum atomic E-state index is 0.128. The van der Waals surface area contributed by atoms with Crippen LogP contribution in [0.25, 0.3) is 0 Å². The maximum Gasteiger partial charge on any atom is 0.220 e. The Morgan fingerprint density at radius 3 is 2.71 bits per heavy atom. The highest BCUT2D eigenvalue weighted by Gasteiger charge is 2.23. The lowest BCUT2D eigenvalue weighted by molar-refractivity contribution is -0.121. The zero-order valence-corrected chi connectivity index (χ0v) is 17.3. The number of nitrogens with one attached hydrogen (secondary N) is 2. The molecule has 154 valence electrons. The minimum Gasteiger partial charge on any atom is -0.508 e. The van der Waals surface area contributed by atoms with Gasteiger partial charge >= 0.3 is 0 Å². The highest BCUT2D eigenvalue weighted by Crippen LogP contribution is 2.31. The Bertz CT molecular complexity index is 709. The molecule has 0 bridgehead atoms. The second-order valence-electron chi connectivity index (χ2n) is 7.89. The molecule has 1 aliphatic heterocycles. The zero-order valence-electron chi connectivity index (χ0n) is 17.3. The summed E-state index contributed by atoms with van der Waals surface area (Å²) < 4.78 is 0. The fraction of sp³-hybridized carbons (Fsp3) is 0.636. The third kappa shape index (κ3) is 4.97. The molecule has 0 spiro atoms. The number of hydrogen-bond acceptors (Lipinski definition) is 3. The summed E-state index contributed by atoms with van der Waals surface area (Å²) in [6, 6.07) is 3.89. The normalized spacial score (nSPS) is 17.9. The summed E-state index contributed by atoms with van der Waals surface area (Å²) >= 11 is 0. The van der Waals surface area contributed by atoms with Gasteiger partial charge in [0.2, 0.25) is 5.91 Å². The Morgan fingerprint density at radius 1 is 1.25 bits per heavy atom. The van der Waals surface area contributed by atoms with Gasteiger partial charge in [-0.2, -0.15) is 0 Å². The number of aliphatic imine (C=N–C) groups is 1. The number of aromatic hydroxyl groups is 1. The second kappa shape index (κ2) is 9.80. The van der Waals surface area contributed by atoms with Crippen LogP contribution in [0.2, 0.25) is 0 Å². The third-order valence-corrected chi connectivity index (χ3v) is 6.02. The first-order chi connectivity index (χ1) is 13.6. The van der Waals surface area contributed by atoms with Gasteiger partial charge in [-0.15, -0.1) is 0 Å². The number of carbonyl (C=O) groups is 1. The van der Waals surface area contributed by atoms with Crippen molar-refractivity contribution in [2.24, 2.45) is 10.9 Å². The molecular weight excluding hydrogens is 352 g/mol. The molecule has 1 heterocycles. The van der Waals surface area contributed by atoms with Crippen LogP contribution in [0, 0.1) is 5.92 Å². The molecule has 1 aromatic rings. The Balaban J connectivity index is 1.68. The number of carbonyl (C=O) groups excluding carboxylic acids is 1. The molecule has 0 saturated carbocycles. The van der Waals surface area contributed by atoms with Crippen molar-refractivity contribution in [3.63, 3.8) is 0 Å². The standard InChI is InChI=1S/C22H34N4O2/c1-3-24-22(26-12-10-16(11-13-26)14-21(28)23-2)25-15-19-18-7-5-4-6-17(18)8-9-20(19)27/h8-9,16,27H,3-7,10-15H2,1-2H3,(H,23,28)(H,24,25). The van der Waals surface area contributed by atoms with Crippen LogP contribution in [0.5, 0.6) is 5.75 Å². The number of nitrogens with zero attached hydrogens (tertiary/aromatic N) is 2. The highest BCUT2D eigenvalue weighted by atomic mass is 16.3. The molecule has 6 nitrogen and oxygen atoms in total. The molecule has 28 heavy (non-hydrogen) atoms. The van der Waals surface area contributed by atoms with E-state index in [2.05, 4.69) is 28.5 Å². The van der Waals surface area contributed by atoms with E-state index in [1.54, 1.807) is 7.05 Å². The predicted octanol–water partition coefficient (Wildman–Crippen LogP) is 2.58. The van der Waals surface area contributed by atoms with E-state index in [9.17, 15) is 9.90 Å². The monoisotopic (exact) mass is 386 g/mol. The van der Waals surface area contributed by atoms with Crippen molar-refractivity contribution in [3.8, 4) is 5.75 Å². The smallest absolute Gasteiger partial charge is 0.220 e. The van der Waals surface area contributed by atoms with E-state index in [-0.39, 0.29) is 5.91 Å². The second-order valence-corrected chi connectivity index (χ2v) is 7.89. The fourth-order valence-corrected chi connectivity index (χ4v) is 4.36. The number of amides is 1. The minimum absolute atomic E-state index is 0.128. The molecule has 1 aliphatic carbocycles. The largest absolute Gasteiger partial charge is 0.508 e. The van der Waals surface area contributed by atoms with Gasteiger partial charge in [0, 0.05) is 38.7 Å². The predicted molar refractivity (Wildman–Crippen MR) is 113 cm³/mol. The third-order valence-electron chi connectivity index (χ3n) is 6.02. The van der Waals surface area contributed by atoms with Crippen molar-refractivity contribution < 1.29 is 9.90 Å². The van der Waals surface area contributed by atoms with E-state index >= 15 is 0 Å². The van der Waals surface area contributed by atoms with Crippen LogP contribution in [0.15, 0.2) is 17.1 Å². The molecule has 6 heteroatoms. The van der Waals surface area contributed by atoms with Crippen molar-refractivity contribution >= 4 is 11.9 Å². The number of hydrogen-bond donors (Lipinski definition) is 3. The maximum absolute atomic E-state index is 11.6. The molecule has 1 saturated heterocycles. The van der Waals surface area contributed by atoms with E-state index in [0.29, 0.717) is 24.6 Å². The van der Waals surface area contributed by atoms with E-state index in [0.717, 1.165) is 56.8 Å². The van der Waals surface area contributed by atoms with Crippen LogP contribution < -0.4 is 10.6 Å². The van der Waals surface area contributed by atoms with Gasteiger partial charge in [0.05, 0.1) is 6.54 Å². The topological polar surface area (TPSA) is 77.0 Å². The number of guanidine groups is 1. The first-order valence-electron chi connectivity index (χ1n) is 10.7. The van der Waals surface area contributed by atoms with Gasteiger partial charge in [-0.1, -0.05) is 6.07 Å². The van der Waals surface area contributed by atoms with Crippen molar-refractivity contribution in [1.82, 2.24) is 15.5 Å². The van der Waals surface area contributed by atoms with Crippen molar-refractivity contribution in [2.75, 3.05) is 26.7 Å². The summed E-state index contributed by atoms with van der Waals surface area (Å²) in [7, 11) is 1.70. The number of rotatable bonds is 5. The van der Waals surface area contributed by atoms with E-state index in [4.69, 9.17) is 4.99 Å². The van der Waals surface area contributed by atoms with Gasteiger partial charge < -0.3 is 20.6 Å². The van der Waals surface area contributed by atoms with E-state index in [1.165, 1.54) is 24.0 Å². The highest BCUT2D eigenvalue weighted by molar-refractivity contribution is 5.80. The molecular formula is C22H34N4O2. The number of phenolic OH excluding ortho intramolecular Hbond substituents is 1. The summed E-state index contributed by atoms with van der Waals surface area (Å²) in [4.78, 5) is 18.8. The molecule has 0 unspecified atom stereocenters. The van der Waals surface area contributed by atoms with Gasteiger partial charge in [-0.3, -0.25) is 4.79 Å².